The fourth-order valence-electron chi connectivity index (χ4n) is 2.54. The zero-order valence-corrected chi connectivity index (χ0v) is 16.3. The van der Waals surface area contributed by atoms with E-state index in [0.29, 0.717) is 16.9 Å². The Hall–Kier alpha value is -3.26. The lowest BCUT2D eigenvalue weighted by Crippen LogP contribution is -2.26. The van der Waals surface area contributed by atoms with Crippen molar-refractivity contribution in [2.75, 3.05) is 11.4 Å². The van der Waals surface area contributed by atoms with Gasteiger partial charge in [0.2, 0.25) is 0 Å². The molecule has 8 heteroatoms. The lowest BCUT2D eigenvalue weighted by molar-refractivity contribution is -0.0498. The van der Waals surface area contributed by atoms with E-state index < -0.39 is 16.6 Å². The van der Waals surface area contributed by atoms with Gasteiger partial charge in [0.1, 0.15) is 5.75 Å². The highest BCUT2D eigenvalue weighted by Gasteiger charge is 2.21. The number of rotatable bonds is 7. The van der Waals surface area contributed by atoms with Crippen LogP contribution in [0.2, 0.25) is 0 Å². The Balaban J connectivity index is 1.79. The molecule has 0 aromatic heterocycles. The summed E-state index contributed by atoms with van der Waals surface area (Å²) in [5, 5.41) is 0. The van der Waals surface area contributed by atoms with Gasteiger partial charge in [-0.3, -0.25) is 9.30 Å². The zero-order chi connectivity index (χ0) is 20.9. The number of halogens is 2. The second kappa shape index (κ2) is 8.83. The Kier molecular flexibility index (Phi) is 6.23. The molecular formula is C21H18F2N2O3S. The van der Waals surface area contributed by atoms with Gasteiger partial charge in [-0.2, -0.15) is 8.78 Å². The number of para-hydroxylation sites is 1. The Morgan fingerprint density at radius 2 is 1.66 bits per heavy atom. The summed E-state index contributed by atoms with van der Waals surface area (Å²) < 4.78 is 55.6. The largest absolute Gasteiger partial charge is 0.435 e. The maximum absolute atomic E-state index is 12.9. The van der Waals surface area contributed by atoms with Crippen LogP contribution in [0.3, 0.4) is 0 Å². The van der Waals surface area contributed by atoms with Crippen molar-refractivity contribution in [3.63, 3.8) is 0 Å². The van der Waals surface area contributed by atoms with Crippen molar-refractivity contribution >= 4 is 27.6 Å². The molecular weight excluding hydrogens is 398 g/mol. The molecule has 0 aliphatic heterocycles. The molecule has 0 saturated heterocycles. The first-order valence-corrected chi connectivity index (χ1v) is 10.0. The van der Waals surface area contributed by atoms with E-state index in [1.165, 1.54) is 41.8 Å². The van der Waals surface area contributed by atoms with Crippen LogP contribution in [0.15, 0.2) is 88.8 Å². The van der Waals surface area contributed by atoms with Crippen molar-refractivity contribution in [3.8, 4) is 5.75 Å². The number of ether oxygens (including phenoxy) is 1. The van der Waals surface area contributed by atoms with Gasteiger partial charge in [0.15, 0.2) is 0 Å². The fourth-order valence-corrected chi connectivity index (χ4v) is 3.78. The summed E-state index contributed by atoms with van der Waals surface area (Å²) in [6.07, 6.45) is 1.51. The van der Waals surface area contributed by atoms with Gasteiger partial charge >= 0.3 is 6.61 Å². The molecule has 150 valence electrons. The molecule has 0 aliphatic carbocycles. The summed E-state index contributed by atoms with van der Waals surface area (Å²) in [5.74, 6) is 0.0502. The summed E-state index contributed by atoms with van der Waals surface area (Å²) in [7, 11) is -2.25. The third-order valence-corrected chi connectivity index (χ3v) is 5.85. The summed E-state index contributed by atoms with van der Waals surface area (Å²) in [6.45, 7) is -2.88. The van der Waals surface area contributed by atoms with Gasteiger partial charge in [-0.25, -0.2) is 8.42 Å². The highest BCUT2D eigenvalue weighted by atomic mass is 32.2. The standard InChI is InChI=1S/C21H18F2N2O3S/c1-25(18-7-3-2-4-8-18)29(26,27)20-9-5-6-17(14-20)24-15-16-10-12-19(13-11-16)28-21(22)23/h2-15,21H,1H3. The molecule has 0 fully saturated rings. The highest BCUT2D eigenvalue weighted by Crippen LogP contribution is 2.24. The molecule has 0 N–H and O–H groups in total. The average molecular weight is 416 g/mol. The molecule has 0 radical (unpaired) electrons. The van der Waals surface area contributed by atoms with Gasteiger partial charge in [-0.05, 0) is 60.2 Å². The fraction of sp³-hybridized carbons (Fsp3) is 0.0952. The van der Waals surface area contributed by atoms with Crippen LogP contribution in [0.4, 0.5) is 20.2 Å². The predicted molar refractivity (Wildman–Crippen MR) is 109 cm³/mol. The molecule has 3 aromatic carbocycles. The van der Waals surface area contributed by atoms with Crippen molar-refractivity contribution in [1.29, 1.82) is 0 Å². The summed E-state index contributed by atoms with van der Waals surface area (Å²) in [4.78, 5) is 4.39. The normalized spacial score (nSPS) is 11.7. The molecule has 0 atom stereocenters. The van der Waals surface area contributed by atoms with E-state index in [1.807, 2.05) is 6.07 Å². The Morgan fingerprint density at radius 3 is 2.31 bits per heavy atom. The second-order valence-corrected chi connectivity index (χ2v) is 7.98. The van der Waals surface area contributed by atoms with Crippen LogP contribution in [-0.2, 0) is 10.0 Å². The molecule has 29 heavy (non-hydrogen) atoms. The maximum atomic E-state index is 12.9. The average Bonchev–Trinajstić information content (AvgIpc) is 2.73. The van der Waals surface area contributed by atoms with Gasteiger partial charge in [0.05, 0.1) is 16.3 Å². The van der Waals surface area contributed by atoms with Crippen LogP contribution in [0, 0.1) is 0 Å². The molecule has 0 heterocycles. The van der Waals surface area contributed by atoms with Crippen LogP contribution in [-0.4, -0.2) is 28.3 Å². The molecule has 0 bridgehead atoms. The van der Waals surface area contributed by atoms with Crippen LogP contribution in [0.5, 0.6) is 5.75 Å². The summed E-state index contributed by atoms with van der Waals surface area (Å²) >= 11 is 0. The zero-order valence-electron chi connectivity index (χ0n) is 15.4. The first-order valence-electron chi connectivity index (χ1n) is 8.59. The van der Waals surface area contributed by atoms with Crippen molar-refractivity contribution in [2.45, 2.75) is 11.5 Å². The monoisotopic (exact) mass is 416 g/mol. The summed E-state index contributed by atoms with van der Waals surface area (Å²) in [6, 6.07) is 21.0. The van der Waals surface area contributed by atoms with E-state index in [2.05, 4.69) is 9.73 Å². The number of nitrogens with zero attached hydrogens (tertiary/aromatic N) is 2. The van der Waals surface area contributed by atoms with E-state index in [-0.39, 0.29) is 10.6 Å². The Morgan fingerprint density at radius 1 is 0.966 bits per heavy atom. The third-order valence-electron chi connectivity index (χ3n) is 4.06. The predicted octanol–water partition coefficient (Wildman–Crippen LogP) is 4.86. The summed E-state index contributed by atoms with van der Waals surface area (Å²) in [5.41, 5.74) is 1.65. The van der Waals surface area contributed by atoms with Crippen molar-refractivity contribution in [1.82, 2.24) is 0 Å². The molecule has 5 nitrogen and oxygen atoms in total. The molecule has 0 spiro atoms. The number of hydrogen-bond donors (Lipinski definition) is 0. The van der Waals surface area contributed by atoms with Crippen LogP contribution in [0.25, 0.3) is 0 Å². The van der Waals surface area contributed by atoms with Gasteiger partial charge in [-0.1, -0.05) is 24.3 Å². The maximum Gasteiger partial charge on any atom is 0.387 e. The number of benzene rings is 3. The number of alkyl halides is 2. The SMILES string of the molecule is CN(c1ccccc1)S(=O)(=O)c1cccc(N=Cc2ccc(OC(F)F)cc2)c1. The van der Waals surface area contributed by atoms with E-state index in [1.54, 1.807) is 48.5 Å². The highest BCUT2D eigenvalue weighted by molar-refractivity contribution is 7.92. The molecule has 0 saturated carbocycles. The Labute approximate surface area is 168 Å². The van der Waals surface area contributed by atoms with Crippen LogP contribution < -0.4 is 9.04 Å². The second-order valence-electron chi connectivity index (χ2n) is 6.01. The molecule has 0 aliphatic rings. The van der Waals surface area contributed by atoms with Gasteiger partial charge in [0.25, 0.3) is 10.0 Å². The van der Waals surface area contributed by atoms with Crippen molar-refractivity contribution in [3.05, 3.63) is 84.4 Å². The minimum Gasteiger partial charge on any atom is -0.435 e. The molecule has 0 amide bonds. The first kappa shape index (κ1) is 20.5. The molecule has 3 rings (SSSR count). The van der Waals surface area contributed by atoms with E-state index in [4.69, 9.17) is 0 Å². The minimum atomic E-state index is -3.74. The number of hydrogen-bond acceptors (Lipinski definition) is 4. The number of aliphatic imine (C=N–C) groups is 1. The molecule has 0 unspecified atom stereocenters. The smallest absolute Gasteiger partial charge is 0.387 e. The number of sulfonamides is 1. The van der Waals surface area contributed by atoms with Gasteiger partial charge < -0.3 is 4.74 Å². The molecule has 3 aromatic rings. The van der Waals surface area contributed by atoms with Crippen LogP contribution in [0.1, 0.15) is 5.56 Å². The lowest BCUT2D eigenvalue weighted by Gasteiger charge is -2.19. The van der Waals surface area contributed by atoms with E-state index >= 15 is 0 Å². The quantitative estimate of drug-likeness (QED) is 0.517. The minimum absolute atomic E-state index is 0.0502. The third kappa shape index (κ3) is 5.17. The Bertz CT molecular complexity index is 1090. The topological polar surface area (TPSA) is 59.0 Å². The van der Waals surface area contributed by atoms with Crippen molar-refractivity contribution in [2.24, 2.45) is 4.99 Å². The van der Waals surface area contributed by atoms with Gasteiger partial charge in [0, 0.05) is 13.3 Å². The lowest BCUT2D eigenvalue weighted by atomic mass is 10.2. The van der Waals surface area contributed by atoms with Gasteiger partial charge in [-0.15, -0.1) is 0 Å². The van der Waals surface area contributed by atoms with Crippen LogP contribution >= 0.6 is 0 Å². The van der Waals surface area contributed by atoms with E-state index in [0.717, 1.165) is 0 Å². The first-order chi connectivity index (χ1) is 13.9. The van der Waals surface area contributed by atoms with E-state index in [9.17, 15) is 17.2 Å². The van der Waals surface area contributed by atoms with Crippen molar-refractivity contribution < 1.29 is 21.9 Å². The number of anilines is 1.